The van der Waals surface area contributed by atoms with E-state index in [0.29, 0.717) is 11.8 Å². The Bertz CT molecular complexity index is 400. The summed E-state index contributed by atoms with van der Waals surface area (Å²) in [6.07, 6.45) is 3.18. The van der Waals surface area contributed by atoms with Gasteiger partial charge in [0.25, 0.3) is 0 Å². The van der Waals surface area contributed by atoms with Gasteiger partial charge < -0.3 is 4.90 Å². The van der Waals surface area contributed by atoms with E-state index in [0.717, 1.165) is 39.1 Å². The first-order chi connectivity index (χ1) is 10.6. The van der Waals surface area contributed by atoms with Gasteiger partial charge in [0.15, 0.2) is 0 Å². The van der Waals surface area contributed by atoms with Gasteiger partial charge in [0, 0.05) is 50.2 Å². The number of hydrogen-bond donors (Lipinski definition) is 0. The molecule has 0 aromatic carbocycles. The second-order valence-corrected chi connectivity index (χ2v) is 9.37. The van der Waals surface area contributed by atoms with E-state index in [-0.39, 0.29) is 11.1 Å². The molecule has 23 heavy (non-hydrogen) atoms. The molecule has 1 atom stereocenters. The lowest BCUT2D eigenvalue weighted by Gasteiger charge is -2.43. The summed E-state index contributed by atoms with van der Waals surface area (Å²) in [5.41, 5.74) is 0.436. The van der Waals surface area contributed by atoms with E-state index in [9.17, 15) is 4.79 Å². The maximum absolute atomic E-state index is 12.7. The Morgan fingerprint density at radius 1 is 0.870 bits per heavy atom. The Balaban J connectivity index is 1.81. The number of amides is 1. The van der Waals surface area contributed by atoms with Gasteiger partial charge in [-0.05, 0) is 66.8 Å². The zero-order valence-electron chi connectivity index (χ0n) is 16.2. The number of carbonyl (C=O) groups is 1. The van der Waals surface area contributed by atoms with Crippen LogP contribution in [-0.4, -0.2) is 71.0 Å². The van der Waals surface area contributed by atoms with Crippen molar-refractivity contribution in [2.45, 2.75) is 71.9 Å². The molecule has 0 radical (unpaired) electrons. The molecule has 2 fully saturated rings. The van der Waals surface area contributed by atoms with Crippen molar-refractivity contribution < 1.29 is 4.79 Å². The average Bonchev–Trinajstić information content (AvgIpc) is 2.46. The third-order valence-corrected chi connectivity index (χ3v) is 5.51. The number of carbonyl (C=O) groups excluding carboxylic acids is 1. The molecule has 0 N–H and O–H groups in total. The van der Waals surface area contributed by atoms with E-state index in [1.807, 2.05) is 0 Å². The van der Waals surface area contributed by atoms with Crippen molar-refractivity contribution in [1.29, 1.82) is 0 Å². The molecule has 2 saturated heterocycles. The molecule has 2 rings (SSSR count). The van der Waals surface area contributed by atoms with E-state index >= 15 is 0 Å². The smallest absolute Gasteiger partial charge is 0.222 e. The van der Waals surface area contributed by atoms with Crippen LogP contribution in [0.3, 0.4) is 0 Å². The first-order valence-corrected chi connectivity index (χ1v) is 9.35. The molecule has 0 aliphatic carbocycles. The Hall–Kier alpha value is -0.610. The summed E-state index contributed by atoms with van der Waals surface area (Å²) in [4.78, 5) is 19.8. The van der Waals surface area contributed by atoms with E-state index < -0.39 is 0 Å². The number of hydrogen-bond acceptors (Lipinski definition) is 3. The Morgan fingerprint density at radius 3 is 1.96 bits per heavy atom. The highest BCUT2D eigenvalue weighted by Gasteiger charge is 2.32. The molecule has 0 spiro atoms. The zero-order chi connectivity index (χ0) is 17.3. The van der Waals surface area contributed by atoms with Crippen LogP contribution in [0.25, 0.3) is 0 Å². The topological polar surface area (TPSA) is 26.8 Å². The summed E-state index contributed by atoms with van der Waals surface area (Å²) in [7, 11) is 0. The van der Waals surface area contributed by atoms with Crippen LogP contribution < -0.4 is 0 Å². The predicted octanol–water partition coefficient (Wildman–Crippen LogP) is 2.83. The fourth-order valence-electron chi connectivity index (χ4n) is 3.84. The number of rotatable bonds is 2. The molecule has 4 heteroatoms. The SMILES string of the molecule is CC(C)(C)N1CCN(C(=O)C[C@@H]2CCCN(C(C)(C)C)C2)CC1. The molecule has 2 aliphatic heterocycles. The minimum atomic E-state index is 0.214. The second-order valence-electron chi connectivity index (χ2n) is 9.37. The summed E-state index contributed by atoms with van der Waals surface area (Å²) in [6, 6.07) is 0. The maximum atomic E-state index is 12.7. The van der Waals surface area contributed by atoms with E-state index in [2.05, 4.69) is 56.2 Å². The predicted molar refractivity (Wildman–Crippen MR) is 96.6 cm³/mol. The summed E-state index contributed by atoms with van der Waals surface area (Å²) >= 11 is 0. The summed E-state index contributed by atoms with van der Waals surface area (Å²) in [5.74, 6) is 0.912. The molecular formula is C19H37N3O. The molecular weight excluding hydrogens is 286 g/mol. The first kappa shape index (κ1) is 18.7. The van der Waals surface area contributed by atoms with Gasteiger partial charge in [-0.25, -0.2) is 0 Å². The molecule has 0 aromatic rings. The summed E-state index contributed by atoms with van der Waals surface area (Å²) in [5, 5.41) is 0. The van der Waals surface area contributed by atoms with Gasteiger partial charge in [-0.3, -0.25) is 14.6 Å². The Labute approximate surface area is 143 Å². The highest BCUT2D eigenvalue weighted by atomic mass is 16.2. The lowest BCUT2D eigenvalue weighted by molar-refractivity contribution is -0.135. The largest absolute Gasteiger partial charge is 0.340 e. The standard InChI is InChI=1S/C19H37N3O/c1-18(2,3)21-12-10-20(11-13-21)17(23)14-16-8-7-9-22(15-16)19(4,5)6/h16H,7-15H2,1-6H3/t16-/m0/s1. The van der Waals surface area contributed by atoms with Gasteiger partial charge >= 0.3 is 0 Å². The highest BCUT2D eigenvalue weighted by Crippen LogP contribution is 2.26. The lowest BCUT2D eigenvalue weighted by Crippen LogP contribution is -2.55. The van der Waals surface area contributed by atoms with Crippen LogP contribution in [-0.2, 0) is 4.79 Å². The molecule has 1 amide bonds. The minimum Gasteiger partial charge on any atom is -0.340 e. The van der Waals surface area contributed by atoms with Crippen LogP contribution in [0.15, 0.2) is 0 Å². The van der Waals surface area contributed by atoms with Gasteiger partial charge in [0.05, 0.1) is 0 Å². The van der Waals surface area contributed by atoms with Crippen LogP contribution >= 0.6 is 0 Å². The maximum Gasteiger partial charge on any atom is 0.222 e. The molecule has 2 aliphatic rings. The molecule has 4 nitrogen and oxygen atoms in total. The van der Waals surface area contributed by atoms with Crippen LogP contribution in [0.1, 0.15) is 60.8 Å². The third kappa shape index (κ3) is 5.18. The van der Waals surface area contributed by atoms with E-state index in [1.165, 1.54) is 19.4 Å². The minimum absolute atomic E-state index is 0.214. The van der Waals surface area contributed by atoms with Gasteiger partial charge in [-0.1, -0.05) is 0 Å². The van der Waals surface area contributed by atoms with Gasteiger partial charge in [-0.2, -0.15) is 0 Å². The summed E-state index contributed by atoms with van der Waals surface area (Å²) in [6.45, 7) is 19.7. The summed E-state index contributed by atoms with van der Waals surface area (Å²) < 4.78 is 0. The number of piperidine rings is 1. The van der Waals surface area contributed by atoms with Gasteiger partial charge in [0.2, 0.25) is 5.91 Å². The quantitative estimate of drug-likeness (QED) is 0.782. The van der Waals surface area contributed by atoms with Crippen molar-refractivity contribution >= 4 is 5.91 Å². The van der Waals surface area contributed by atoms with Gasteiger partial charge in [-0.15, -0.1) is 0 Å². The van der Waals surface area contributed by atoms with Crippen molar-refractivity contribution in [2.24, 2.45) is 5.92 Å². The fraction of sp³-hybridized carbons (Fsp3) is 0.947. The van der Waals surface area contributed by atoms with E-state index in [4.69, 9.17) is 0 Å². The normalized spacial score (nSPS) is 25.7. The highest BCUT2D eigenvalue weighted by molar-refractivity contribution is 5.76. The molecule has 2 heterocycles. The molecule has 0 saturated carbocycles. The molecule has 0 unspecified atom stereocenters. The van der Waals surface area contributed by atoms with Crippen molar-refractivity contribution in [2.75, 3.05) is 39.3 Å². The number of nitrogens with zero attached hydrogens (tertiary/aromatic N) is 3. The second kappa shape index (κ2) is 7.10. The van der Waals surface area contributed by atoms with Crippen molar-refractivity contribution in [3.8, 4) is 0 Å². The van der Waals surface area contributed by atoms with Crippen molar-refractivity contribution in [3.05, 3.63) is 0 Å². The molecule has 0 bridgehead atoms. The number of piperazine rings is 1. The zero-order valence-corrected chi connectivity index (χ0v) is 16.2. The van der Waals surface area contributed by atoms with Gasteiger partial charge in [0.1, 0.15) is 0 Å². The molecule has 0 aromatic heterocycles. The monoisotopic (exact) mass is 323 g/mol. The Kier molecular flexibility index (Phi) is 5.78. The van der Waals surface area contributed by atoms with Crippen LogP contribution in [0.4, 0.5) is 0 Å². The number of likely N-dealkylation sites (tertiary alicyclic amines) is 1. The van der Waals surface area contributed by atoms with E-state index in [1.54, 1.807) is 0 Å². The van der Waals surface area contributed by atoms with Crippen LogP contribution in [0, 0.1) is 5.92 Å². The Morgan fingerprint density at radius 2 is 1.43 bits per heavy atom. The fourth-order valence-corrected chi connectivity index (χ4v) is 3.84. The van der Waals surface area contributed by atoms with Crippen LogP contribution in [0.2, 0.25) is 0 Å². The van der Waals surface area contributed by atoms with Crippen molar-refractivity contribution in [3.63, 3.8) is 0 Å². The van der Waals surface area contributed by atoms with Crippen LogP contribution in [0.5, 0.6) is 0 Å². The van der Waals surface area contributed by atoms with Crippen molar-refractivity contribution in [1.82, 2.24) is 14.7 Å². The lowest BCUT2D eigenvalue weighted by atomic mass is 9.90. The molecule has 134 valence electrons. The third-order valence-electron chi connectivity index (χ3n) is 5.51. The average molecular weight is 324 g/mol. The first-order valence-electron chi connectivity index (χ1n) is 9.35.